The zero-order valence-corrected chi connectivity index (χ0v) is 7.91. The van der Waals surface area contributed by atoms with Crippen molar-refractivity contribution >= 4 is 12.3 Å². The van der Waals surface area contributed by atoms with E-state index in [1.165, 1.54) is 0 Å². The Morgan fingerprint density at radius 2 is 2.33 bits per heavy atom. The third-order valence-electron chi connectivity index (χ3n) is 1.58. The van der Waals surface area contributed by atoms with Gasteiger partial charge in [-0.15, -0.1) is 0 Å². The van der Waals surface area contributed by atoms with Crippen LogP contribution in [0.1, 0.15) is 6.92 Å². The molecule has 0 aromatic carbocycles. The molecule has 0 radical (unpaired) electrons. The SMILES string of the molecule is CCOC(=O)N1C=C(C(F)(F)F)N=CC1. The minimum Gasteiger partial charge on any atom is -0.449 e. The van der Waals surface area contributed by atoms with Crippen molar-refractivity contribution in [3.63, 3.8) is 0 Å². The Balaban J connectivity index is 2.76. The third-order valence-corrected chi connectivity index (χ3v) is 1.58. The van der Waals surface area contributed by atoms with Crippen LogP contribution in [-0.4, -0.2) is 36.5 Å². The predicted octanol–water partition coefficient (Wildman–Crippen LogP) is 1.93. The quantitative estimate of drug-likeness (QED) is 0.680. The lowest BCUT2D eigenvalue weighted by atomic mass is 10.4. The number of ether oxygens (including phenoxy) is 1. The van der Waals surface area contributed by atoms with E-state index in [9.17, 15) is 18.0 Å². The highest BCUT2D eigenvalue weighted by molar-refractivity contribution is 5.76. The van der Waals surface area contributed by atoms with Crippen molar-refractivity contribution in [2.24, 2.45) is 4.99 Å². The van der Waals surface area contributed by atoms with E-state index < -0.39 is 18.0 Å². The average Bonchev–Trinajstić information content (AvgIpc) is 2.17. The number of alkyl halides is 3. The fourth-order valence-electron chi connectivity index (χ4n) is 0.941. The van der Waals surface area contributed by atoms with Gasteiger partial charge < -0.3 is 4.74 Å². The largest absolute Gasteiger partial charge is 0.449 e. The Morgan fingerprint density at radius 3 is 2.87 bits per heavy atom. The molecule has 4 nitrogen and oxygen atoms in total. The van der Waals surface area contributed by atoms with Crippen molar-refractivity contribution in [1.82, 2.24) is 4.90 Å². The molecule has 84 valence electrons. The first kappa shape index (κ1) is 11.5. The van der Waals surface area contributed by atoms with Crippen molar-refractivity contribution in [2.75, 3.05) is 13.2 Å². The summed E-state index contributed by atoms with van der Waals surface area (Å²) in [6.45, 7) is 1.67. The van der Waals surface area contributed by atoms with Gasteiger partial charge in [0, 0.05) is 12.4 Å². The van der Waals surface area contributed by atoms with Crippen LogP contribution in [0.4, 0.5) is 18.0 Å². The third kappa shape index (κ3) is 2.97. The fraction of sp³-hybridized carbons (Fsp3) is 0.500. The molecule has 1 amide bonds. The number of carbonyl (C=O) groups excluding carboxylic acids is 1. The fourth-order valence-corrected chi connectivity index (χ4v) is 0.941. The van der Waals surface area contributed by atoms with Gasteiger partial charge in [0.05, 0.1) is 13.2 Å². The van der Waals surface area contributed by atoms with Crippen LogP contribution in [0.5, 0.6) is 0 Å². The summed E-state index contributed by atoms with van der Waals surface area (Å²) in [5.41, 5.74) is -1.11. The van der Waals surface area contributed by atoms with Gasteiger partial charge in [0.2, 0.25) is 0 Å². The molecule has 1 rings (SSSR count). The van der Waals surface area contributed by atoms with E-state index in [2.05, 4.69) is 9.73 Å². The highest BCUT2D eigenvalue weighted by Gasteiger charge is 2.36. The van der Waals surface area contributed by atoms with E-state index in [0.717, 1.165) is 11.1 Å². The number of amides is 1. The van der Waals surface area contributed by atoms with Crippen LogP contribution >= 0.6 is 0 Å². The van der Waals surface area contributed by atoms with Gasteiger partial charge in [-0.05, 0) is 6.92 Å². The number of rotatable bonds is 1. The summed E-state index contributed by atoms with van der Waals surface area (Å²) in [6, 6.07) is 0. The van der Waals surface area contributed by atoms with Crippen LogP contribution in [0.2, 0.25) is 0 Å². The monoisotopic (exact) mass is 222 g/mol. The molecule has 0 spiro atoms. The normalized spacial score (nSPS) is 16.3. The maximum Gasteiger partial charge on any atom is 0.434 e. The first-order chi connectivity index (χ1) is 6.95. The maximum absolute atomic E-state index is 12.2. The van der Waals surface area contributed by atoms with Crippen LogP contribution in [0, 0.1) is 0 Å². The molecule has 0 N–H and O–H groups in total. The molecule has 0 aromatic heterocycles. The van der Waals surface area contributed by atoms with Gasteiger partial charge in [-0.25, -0.2) is 4.79 Å². The van der Waals surface area contributed by atoms with Crippen LogP contribution in [0.15, 0.2) is 16.9 Å². The van der Waals surface area contributed by atoms with Gasteiger partial charge in [-0.3, -0.25) is 9.89 Å². The van der Waals surface area contributed by atoms with Crippen LogP contribution < -0.4 is 0 Å². The summed E-state index contributed by atoms with van der Waals surface area (Å²) in [5, 5.41) is 0. The topological polar surface area (TPSA) is 41.9 Å². The lowest BCUT2D eigenvalue weighted by Crippen LogP contribution is -2.32. The van der Waals surface area contributed by atoms with Crippen molar-refractivity contribution in [1.29, 1.82) is 0 Å². The second-order valence-electron chi connectivity index (χ2n) is 2.68. The van der Waals surface area contributed by atoms with E-state index in [0.29, 0.717) is 6.20 Å². The molecule has 0 aromatic rings. The van der Waals surface area contributed by atoms with Crippen molar-refractivity contribution < 1.29 is 22.7 Å². The summed E-state index contributed by atoms with van der Waals surface area (Å²) >= 11 is 0. The molecule has 0 saturated heterocycles. The van der Waals surface area contributed by atoms with Gasteiger partial charge >= 0.3 is 12.3 Å². The highest BCUT2D eigenvalue weighted by Crippen LogP contribution is 2.27. The standard InChI is InChI=1S/C8H9F3N2O2/c1-2-15-7(14)13-4-3-12-6(5-13)8(9,10)11/h3,5H,2,4H2,1H3. The Kier molecular flexibility index (Phi) is 3.33. The first-order valence-electron chi connectivity index (χ1n) is 4.20. The second kappa shape index (κ2) is 4.33. The second-order valence-corrected chi connectivity index (χ2v) is 2.68. The molecule has 1 aliphatic heterocycles. The summed E-state index contributed by atoms with van der Waals surface area (Å²) < 4.78 is 41.2. The molecular weight excluding hydrogens is 213 g/mol. The molecule has 15 heavy (non-hydrogen) atoms. The molecule has 0 aliphatic carbocycles. The Bertz CT molecular complexity index is 309. The van der Waals surface area contributed by atoms with E-state index in [1.807, 2.05) is 0 Å². The maximum atomic E-state index is 12.2. The van der Waals surface area contributed by atoms with Gasteiger partial charge in [0.1, 0.15) is 0 Å². The zero-order valence-electron chi connectivity index (χ0n) is 7.91. The molecule has 0 saturated carbocycles. The molecule has 0 bridgehead atoms. The number of allylic oxidation sites excluding steroid dienone is 1. The number of nitrogens with zero attached hydrogens (tertiary/aromatic N) is 2. The van der Waals surface area contributed by atoms with Crippen LogP contribution in [-0.2, 0) is 4.74 Å². The summed E-state index contributed by atoms with van der Waals surface area (Å²) in [6.07, 6.45) is -3.72. The molecule has 0 fully saturated rings. The van der Waals surface area contributed by atoms with E-state index in [1.54, 1.807) is 6.92 Å². The number of aliphatic imine (C=N–C) groups is 1. The smallest absolute Gasteiger partial charge is 0.434 e. The van der Waals surface area contributed by atoms with Gasteiger partial charge in [0.25, 0.3) is 0 Å². The highest BCUT2D eigenvalue weighted by atomic mass is 19.4. The summed E-state index contributed by atoms with van der Waals surface area (Å²) in [7, 11) is 0. The predicted molar refractivity (Wildman–Crippen MR) is 46.4 cm³/mol. The van der Waals surface area contributed by atoms with E-state index in [4.69, 9.17) is 0 Å². The molecule has 0 unspecified atom stereocenters. The van der Waals surface area contributed by atoms with Crippen LogP contribution in [0.25, 0.3) is 0 Å². The van der Waals surface area contributed by atoms with Gasteiger partial charge in [-0.1, -0.05) is 0 Å². The zero-order chi connectivity index (χ0) is 11.5. The number of hydrogen-bond acceptors (Lipinski definition) is 3. The Hall–Kier alpha value is -1.53. The summed E-state index contributed by atoms with van der Waals surface area (Å²) in [4.78, 5) is 15.1. The molecule has 1 aliphatic rings. The van der Waals surface area contributed by atoms with Crippen molar-refractivity contribution in [3.8, 4) is 0 Å². The number of halogens is 3. The average molecular weight is 222 g/mol. The minimum atomic E-state index is -4.55. The molecule has 1 heterocycles. The van der Waals surface area contributed by atoms with Gasteiger partial charge in [-0.2, -0.15) is 13.2 Å². The van der Waals surface area contributed by atoms with Gasteiger partial charge in [0.15, 0.2) is 5.70 Å². The first-order valence-corrected chi connectivity index (χ1v) is 4.20. The van der Waals surface area contributed by atoms with E-state index in [-0.39, 0.29) is 13.2 Å². The van der Waals surface area contributed by atoms with E-state index >= 15 is 0 Å². The lowest BCUT2D eigenvalue weighted by Gasteiger charge is -2.20. The summed E-state index contributed by atoms with van der Waals surface area (Å²) in [5.74, 6) is 0. The van der Waals surface area contributed by atoms with Crippen LogP contribution in [0.3, 0.4) is 0 Å². The minimum absolute atomic E-state index is 0.0155. The number of hydrogen-bond donors (Lipinski definition) is 0. The van der Waals surface area contributed by atoms with Crippen molar-refractivity contribution in [2.45, 2.75) is 13.1 Å². The Labute approximate surface area is 84.0 Å². The lowest BCUT2D eigenvalue weighted by molar-refractivity contribution is -0.0935. The molecule has 7 heteroatoms. The van der Waals surface area contributed by atoms with Crippen molar-refractivity contribution in [3.05, 3.63) is 11.9 Å². The number of carbonyl (C=O) groups is 1. The molecular formula is C8H9F3N2O2. The Morgan fingerprint density at radius 1 is 1.67 bits per heavy atom. The molecule has 0 atom stereocenters.